The van der Waals surface area contributed by atoms with Crippen LogP contribution in [-0.4, -0.2) is 18.8 Å². The molecule has 1 aliphatic rings. The number of nitrogens with one attached hydrogen (secondary N) is 1. The summed E-state index contributed by atoms with van der Waals surface area (Å²) in [6.07, 6.45) is 2.07. The molecule has 1 heterocycles. The molecule has 3 aromatic carbocycles. The molecule has 4 rings (SSSR count). The molecule has 4 N–H and O–H groups in total. The maximum absolute atomic E-state index is 10.9. The summed E-state index contributed by atoms with van der Waals surface area (Å²) in [5.74, 6) is 1.46. The molecular weight excluding hydrogens is 536 g/mol. The van der Waals surface area contributed by atoms with Crippen LogP contribution in [0, 0.1) is 0 Å². The molecule has 2 unspecified atom stereocenters. The topological polar surface area (TPSA) is 67.3 Å². The number of phenolic OH excluding ortho intramolecular Hbond substituents is 1. The van der Waals surface area contributed by atoms with Crippen LogP contribution in [0.3, 0.4) is 0 Å². The average molecular weight is 561 g/mol. The Hall–Kier alpha value is -2.48. The van der Waals surface area contributed by atoms with Gasteiger partial charge in [-0.05, 0) is 70.9 Å². The number of para-hydroxylation sites is 1. The summed E-state index contributed by atoms with van der Waals surface area (Å²) in [5, 5.41) is 16.8. The monoisotopic (exact) mass is 559 g/mol. The van der Waals surface area contributed by atoms with E-state index in [0.29, 0.717) is 12.4 Å². The van der Waals surface area contributed by atoms with Crippen molar-refractivity contribution >= 4 is 37.6 Å². The summed E-state index contributed by atoms with van der Waals surface area (Å²) < 4.78 is 12.9. The molecule has 1 aliphatic heterocycles. The molecule has 5 nitrogen and oxygen atoms in total. The van der Waals surface area contributed by atoms with Crippen LogP contribution in [0.1, 0.15) is 35.8 Å². The van der Waals surface area contributed by atoms with Crippen molar-refractivity contribution in [3.8, 4) is 17.2 Å². The smallest absolute Gasteiger partial charge is 0.186 e. The fraction of sp³-hybridized carbons (Fsp3) is 0.200. The number of quaternary nitrogens is 1. The average Bonchev–Trinajstić information content (AvgIpc) is 2.80. The number of benzene rings is 3. The van der Waals surface area contributed by atoms with Crippen molar-refractivity contribution in [2.24, 2.45) is 0 Å². The molecule has 0 bridgehead atoms. The summed E-state index contributed by atoms with van der Waals surface area (Å²) in [6, 6.07) is 19.8. The summed E-state index contributed by atoms with van der Waals surface area (Å²) in [7, 11) is 1.66. The molecule has 0 amide bonds. The second kappa shape index (κ2) is 9.98. The molecule has 0 radical (unpaired) electrons. The van der Waals surface area contributed by atoms with Gasteiger partial charge in [-0.2, -0.15) is 0 Å². The van der Waals surface area contributed by atoms with Crippen LogP contribution in [0.2, 0.25) is 0 Å². The maximum Gasteiger partial charge on any atom is 0.186 e. The number of phenols is 1. The highest BCUT2D eigenvalue weighted by Gasteiger charge is 2.30. The highest BCUT2D eigenvalue weighted by molar-refractivity contribution is 9.10. The number of nitrogens with two attached hydrogens (primary N) is 1. The van der Waals surface area contributed by atoms with Crippen LogP contribution >= 0.6 is 31.9 Å². The predicted molar refractivity (Wildman–Crippen MR) is 133 cm³/mol. The van der Waals surface area contributed by atoms with Crippen LogP contribution in [0.4, 0.5) is 0 Å². The Morgan fingerprint density at radius 2 is 1.84 bits per heavy atom. The summed E-state index contributed by atoms with van der Waals surface area (Å²) in [5.41, 5.74) is 3.96. The van der Waals surface area contributed by atoms with E-state index >= 15 is 0 Å². The van der Waals surface area contributed by atoms with Crippen molar-refractivity contribution in [1.29, 1.82) is 0 Å². The standard InChI is InChI=1S/C25H24Br2N2O3/c1-3-32-23-9-5-8-18(24(23)30)21-14-20(15-6-4-7-17(26)12-15)28-25(29-21)16-10-11-22(31-2)19(27)13-16/h4-14,21,25,28-30H,3H2,1-2H3/p+1. The van der Waals surface area contributed by atoms with E-state index in [1.54, 1.807) is 13.2 Å². The first-order valence-electron chi connectivity index (χ1n) is 10.4. The number of methoxy groups -OCH3 is 1. The highest BCUT2D eigenvalue weighted by Crippen LogP contribution is 2.36. The normalized spacial score (nSPS) is 17.9. The second-order valence-electron chi connectivity index (χ2n) is 7.45. The fourth-order valence-electron chi connectivity index (χ4n) is 3.89. The van der Waals surface area contributed by atoms with Crippen LogP contribution < -0.4 is 20.1 Å². The lowest BCUT2D eigenvalue weighted by molar-refractivity contribution is -0.731. The molecule has 0 saturated carbocycles. The Morgan fingerprint density at radius 1 is 1.03 bits per heavy atom. The zero-order valence-electron chi connectivity index (χ0n) is 17.8. The van der Waals surface area contributed by atoms with Crippen molar-refractivity contribution in [2.45, 2.75) is 19.1 Å². The number of hydrogen-bond acceptors (Lipinski definition) is 4. The molecular formula is C25H25Br2N2O3+. The number of halogens is 2. The van der Waals surface area contributed by atoms with Gasteiger partial charge in [-0.25, -0.2) is 0 Å². The zero-order chi connectivity index (χ0) is 22.7. The van der Waals surface area contributed by atoms with Gasteiger partial charge in [0.15, 0.2) is 17.7 Å². The molecule has 0 saturated heterocycles. The Labute approximate surface area is 204 Å². The van der Waals surface area contributed by atoms with E-state index in [-0.39, 0.29) is 18.0 Å². The highest BCUT2D eigenvalue weighted by atomic mass is 79.9. The van der Waals surface area contributed by atoms with Gasteiger partial charge in [-0.15, -0.1) is 0 Å². The molecule has 7 heteroatoms. The van der Waals surface area contributed by atoms with E-state index in [1.165, 1.54) is 0 Å². The van der Waals surface area contributed by atoms with Crippen molar-refractivity contribution in [3.63, 3.8) is 0 Å². The van der Waals surface area contributed by atoms with Crippen LogP contribution in [0.15, 0.2) is 75.7 Å². The minimum Gasteiger partial charge on any atom is -0.504 e. The molecule has 32 heavy (non-hydrogen) atoms. The minimum atomic E-state index is -0.114. The van der Waals surface area contributed by atoms with Crippen LogP contribution in [0.5, 0.6) is 17.2 Å². The summed E-state index contributed by atoms with van der Waals surface area (Å²) in [4.78, 5) is 0. The lowest BCUT2D eigenvalue weighted by Gasteiger charge is -2.30. The van der Waals surface area contributed by atoms with E-state index in [0.717, 1.165) is 37.1 Å². The van der Waals surface area contributed by atoms with Gasteiger partial charge < -0.3 is 25.2 Å². The predicted octanol–water partition coefficient (Wildman–Crippen LogP) is 5.27. The third kappa shape index (κ3) is 4.80. The Kier molecular flexibility index (Phi) is 7.08. The fourth-order valence-corrected chi connectivity index (χ4v) is 4.84. The van der Waals surface area contributed by atoms with Gasteiger partial charge in [0.2, 0.25) is 0 Å². The van der Waals surface area contributed by atoms with Gasteiger partial charge in [0.25, 0.3) is 0 Å². The molecule has 0 aromatic heterocycles. The first kappa shape index (κ1) is 22.7. The molecule has 0 aliphatic carbocycles. The second-order valence-corrected chi connectivity index (χ2v) is 9.22. The first-order chi connectivity index (χ1) is 15.5. The number of rotatable bonds is 6. The minimum absolute atomic E-state index is 0.0728. The summed E-state index contributed by atoms with van der Waals surface area (Å²) >= 11 is 7.17. The van der Waals surface area contributed by atoms with Crippen molar-refractivity contribution < 1.29 is 19.9 Å². The lowest BCUT2D eigenvalue weighted by Crippen LogP contribution is -2.89. The summed E-state index contributed by atoms with van der Waals surface area (Å²) in [6.45, 7) is 2.40. The van der Waals surface area contributed by atoms with E-state index in [1.807, 2.05) is 37.3 Å². The van der Waals surface area contributed by atoms with Crippen molar-refractivity contribution in [2.75, 3.05) is 13.7 Å². The van der Waals surface area contributed by atoms with Gasteiger partial charge in [-0.1, -0.05) is 34.1 Å². The molecule has 3 aromatic rings. The Bertz CT molecular complexity index is 1150. The Balaban J connectivity index is 1.77. The SMILES string of the molecule is CCOc1cccc(C2C=C(c3cccc(Br)c3)NC(c3ccc(OC)c(Br)c3)[NH2+]2)c1O. The molecule has 2 atom stereocenters. The van der Waals surface area contributed by atoms with E-state index in [4.69, 9.17) is 9.47 Å². The van der Waals surface area contributed by atoms with Gasteiger partial charge >= 0.3 is 0 Å². The van der Waals surface area contributed by atoms with E-state index in [9.17, 15) is 5.11 Å². The third-order valence-electron chi connectivity index (χ3n) is 5.42. The van der Waals surface area contributed by atoms with E-state index < -0.39 is 0 Å². The largest absolute Gasteiger partial charge is 0.504 e. The maximum atomic E-state index is 10.9. The molecule has 0 fully saturated rings. The van der Waals surface area contributed by atoms with Gasteiger partial charge in [0.1, 0.15) is 11.8 Å². The van der Waals surface area contributed by atoms with Crippen LogP contribution in [-0.2, 0) is 0 Å². The lowest BCUT2D eigenvalue weighted by atomic mass is 9.97. The Morgan fingerprint density at radius 3 is 2.56 bits per heavy atom. The third-order valence-corrected chi connectivity index (χ3v) is 6.53. The van der Waals surface area contributed by atoms with Crippen molar-refractivity contribution in [3.05, 3.63) is 92.4 Å². The first-order valence-corrected chi connectivity index (χ1v) is 12.0. The van der Waals surface area contributed by atoms with E-state index in [2.05, 4.69) is 72.8 Å². The van der Waals surface area contributed by atoms with Gasteiger partial charge in [0.05, 0.1) is 23.8 Å². The van der Waals surface area contributed by atoms with Crippen molar-refractivity contribution in [1.82, 2.24) is 5.32 Å². The number of ether oxygens (including phenoxy) is 2. The van der Waals surface area contributed by atoms with Gasteiger partial charge in [-0.3, -0.25) is 0 Å². The van der Waals surface area contributed by atoms with Gasteiger partial charge in [0, 0.05) is 21.8 Å². The molecule has 166 valence electrons. The van der Waals surface area contributed by atoms with Crippen LogP contribution in [0.25, 0.3) is 5.70 Å². The molecule has 0 spiro atoms. The number of hydrogen-bond donors (Lipinski definition) is 3. The zero-order valence-corrected chi connectivity index (χ0v) is 21.0. The quantitative estimate of drug-likeness (QED) is 0.384. The number of aromatic hydroxyl groups is 1.